The number of H-pyrrole nitrogens is 1. The molecule has 0 radical (unpaired) electrons. The van der Waals surface area contributed by atoms with E-state index in [1.807, 2.05) is 0 Å². The van der Waals surface area contributed by atoms with Crippen LogP contribution in [0.3, 0.4) is 0 Å². The van der Waals surface area contributed by atoms with E-state index in [-0.39, 0.29) is 5.52 Å². The smallest absolute Gasteiger partial charge is 0.335 e. The Hall–Kier alpha value is -2.25. The zero-order valence-electron chi connectivity index (χ0n) is 6.99. The van der Waals surface area contributed by atoms with Crippen LogP contribution in [0.1, 0.15) is 0 Å². The van der Waals surface area contributed by atoms with Gasteiger partial charge in [0.1, 0.15) is 0 Å². The Morgan fingerprint density at radius 2 is 2.20 bits per heavy atom. The fraction of sp³-hybridized carbons (Fsp3) is 0. The van der Waals surface area contributed by atoms with Crippen LogP contribution in [0, 0.1) is 21.7 Å². The Morgan fingerprint density at radius 1 is 1.53 bits per heavy atom. The van der Waals surface area contributed by atoms with Crippen molar-refractivity contribution in [3.05, 3.63) is 27.8 Å². The van der Waals surface area contributed by atoms with Crippen molar-refractivity contribution in [2.45, 2.75) is 0 Å². The Kier molecular flexibility index (Phi) is 1.78. The van der Waals surface area contributed by atoms with E-state index < -0.39 is 33.8 Å². The SMILES string of the molecule is O=[N+]([O-])c1c(F)c(F)cc2[nH]c(O)nc12. The van der Waals surface area contributed by atoms with Gasteiger partial charge in [0.2, 0.25) is 5.82 Å². The number of nitro benzene ring substituents is 1. The van der Waals surface area contributed by atoms with Gasteiger partial charge in [-0.25, -0.2) is 4.39 Å². The van der Waals surface area contributed by atoms with Crippen LogP contribution < -0.4 is 0 Å². The third kappa shape index (κ3) is 1.26. The highest BCUT2D eigenvalue weighted by molar-refractivity contribution is 5.85. The van der Waals surface area contributed by atoms with Gasteiger partial charge in [-0.15, -0.1) is 0 Å². The standard InChI is InChI=1S/C7H3F2N3O3/c8-2-1-3-5(11-7(13)10-3)6(4(2)9)12(14)15/h1H,(H2,10,11,13). The highest BCUT2D eigenvalue weighted by atomic mass is 19.2. The van der Waals surface area contributed by atoms with Crippen LogP contribution in [0.4, 0.5) is 14.5 Å². The minimum absolute atomic E-state index is 0.141. The first-order chi connectivity index (χ1) is 7.00. The molecule has 1 aromatic carbocycles. The maximum absolute atomic E-state index is 13.0. The molecule has 1 aromatic heterocycles. The van der Waals surface area contributed by atoms with Gasteiger partial charge in [-0.05, 0) is 0 Å². The monoisotopic (exact) mass is 215 g/mol. The first kappa shape index (κ1) is 9.31. The number of nitrogens with zero attached hydrogens (tertiary/aromatic N) is 2. The lowest BCUT2D eigenvalue weighted by molar-refractivity contribution is -0.386. The molecule has 78 valence electrons. The number of nitro groups is 1. The third-order valence-corrected chi connectivity index (χ3v) is 1.81. The van der Waals surface area contributed by atoms with E-state index in [0.29, 0.717) is 6.07 Å². The van der Waals surface area contributed by atoms with Crippen molar-refractivity contribution >= 4 is 16.7 Å². The van der Waals surface area contributed by atoms with Crippen LogP contribution in [0.15, 0.2) is 6.07 Å². The van der Waals surface area contributed by atoms with Crippen molar-refractivity contribution in [3.63, 3.8) is 0 Å². The molecular weight excluding hydrogens is 212 g/mol. The zero-order valence-corrected chi connectivity index (χ0v) is 6.99. The molecule has 0 spiro atoms. The summed E-state index contributed by atoms with van der Waals surface area (Å²) in [5.74, 6) is -2.98. The van der Waals surface area contributed by atoms with Crippen molar-refractivity contribution < 1.29 is 18.8 Å². The summed E-state index contributed by atoms with van der Waals surface area (Å²) in [6.07, 6.45) is 0. The molecule has 0 aliphatic rings. The maximum Gasteiger partial charge on any atom is 0.335 e. The highest BCUT2D eigenvalue weighted by Gasteiger charge is 2.26. The minimum Gasteiger partial charge on any atom is -0.480 e. The molecule has 0 unspecified atom stereocenters. The summed E-state index contributed by atoms with van der Waals surface area (Å²) >= 11 is 0. The molecule has 0 saturated heterocycles. The van der Waals surface area contributed by atoms with Crippen molar-refractivity contribution in [2.75, 3.05) is 0 Å². The average Bonchev–Trinajstić information content (AvgIpc) is 2.46. The first-order valence-electron chi connectivity index (χ1n) is 3.71. The molecule has 0 aliphatic heterocycles. The van der Waals surface area contributed by atoms with E-state index in [1.165, 1.54) is 0 Å². The molecule has 2 rings (SSSR count). The van der Waals surface area contributed by atoms with Crippen LogP contribution in [0.5, 0.6) is 6.01 Å². The molecule has 2 N–H and O–H groups in total. The van der Waals surface area contributed by atoms with Crippen LogP contribution in [-0.4, -0.2) is 20.0 Å². The number of fused-ring (bicyclic) bond motifs is 1. The largest absolute Gasteiger partial charge is 0.480 e. The number of aromatic nitrogens is 2. The molecule has 2 aromatic rings. The van der Waals surface area contributed by atoms with Gasteiger partial charge in [-0.2, -0.15) is 9.37 Å². The second-order valence-corrected chi connectivity index (χ2v) is 2.73. The summed E-state index contributed by atoms with van der Waals surface area (Å²) in [7, 11) is 0. The van der Waals surface area contributed by atoms with E-state index in [2.05, 4.69) is 9.97 Å². The summed E-state index contributed by atoms with van der Waals surface area (Å²) in [5.41, 5.74) is -1.66. The maximum atomic E-state index is 13.0. The van der Waals surface area contributed by atoms with Gasteiger partial charge in [-0.1, -0.05) is 0 Å². The average molecular weight is 215 g/mol. The second-order valence-electron chi connectivity index (χ2n) is 2.73. The topological polar surface area (TPSA) is 92.0 Å². The quantitative estimate of drug-likeness (QED) is 0.556. The van der Waals surface area contributed by atoms with Gasteiger partial charge in [0.25, 0.3) is 6.01 Å². The molecule has 0 atom stereocenters. The van der Waals surface area contributed by atoms with Crippen molar-refractivity contribution in [3.8, 4) is 6.01 Å². The fourth-order valence-electron chi connectivity index (χ4n) is 1.23. The van der Waals surface area contributed by atoms with Gasteiger partial charge in [0.05, 0.1) is 10.4 Å². The number of halogens is 2. The van der Waals surface area contributed by atoms with Gasteiger partial charge in [-0.3, -0.25) is 10.1 Å². The minimum atomic E-state index is -1.60. The van der Waals surface area contributed by atoms with Crippen LogP contribution in [0.25, 0.3) is 11.0 Å². The van der Waals surface area contributed by atoms with E-state index in [4.69, 9.17) is 5.11 Å². The van der Waals surface area contributed by atoms with Gasteiger partial charge >= 0.3 is 5.69 Å². The number of aromatic hydroxyl groups is 1. The van der Waals surface area contributed by atoms with Gasteiger partial charge in [0, 0.05) is 6.07 Å². The number of rotatable bonds is 1. The van der Waals surface area contributed by atoms with E-state index in [1.54, 1.807) is 0 Å². The lowest BCUT2D eigenvalue weighted by Crippen LogP contribution is -1.97. The Labute approximate surface area is 80.3 Å². The molecule has 0 saturated carbocycles. The summed E-state index contributed by atoms with van der Waals surface area (Å²) in [6, 6.07) is 0.0443. The molecule has 8 heteroatoms. The van der Waals surface area contributed by atoms with E-state index >= 15 is 0 Å². The molecular formula is C7H3F2N3O3. The number of benzene rings is 1. The Bertz CT molecular complexity index is 566. The summed E-state index contributed by atoms with van der Waals surface area (Å²) in [5, 5.41) is 19.4. The second kappa shape index (κ2) is 2.87. The third-order valence-electron chi connectivity index (χ3n) is 1.81. The van der Waals surface area contributed by atoms with E-state index in [0.717, 1.165) is 0 Å². The van der Waals surface area contributed by atoms with Crippen LogP contribution in [-0.2, 0) is 0 Å². The van der Waals surface area contributed by atoms with Crippen LogP contribution in [0.2, 0.25) is 0 Å². The Balaban J connectivity index is 2.94. The molecule has 0 bridgehead atoms. The number of nitrogens with one attached hydrogen (secondary N) is 1. The Morgan fingerprint density at radius 3 is 2.80 bits per heavy atom. The lowest BCUT2D eigenvalue weighted by Gasteiger charge is -1.95. The molecule has 15 heavy (non-hydrogen) atoms. The molecule has 0 aliphatic carbocycles. The van der Waals surface area contributed by atoms with Crippen LogP contribution >= 0.6 is 0 Å². The lowest BCUT2D eigenvalue weighted by atomic mass is 10.2. The molecule has 0 fully saturated rings. The van der Waals surface area contributed by atoms with Gasteiger partial charge in [0.15, 0.2) is 11.3 Å². The molecule has 6 nitrogen and oxygen atoms in total. The van der Waals surface area contributed by atoms with Crippen molar-refractivity contribution in [2.24, 2.45) is 0 Å². The van der Waals surface area contributed by atoms with Crippen molar-refractivity contribution in [1.29, 1.82) is 0 Å². The van der Waals surface area contributed by atoms with E-state index in [9.17, 15) is 18.9 Å². The normalized spacial score (nSPS) is 10.8. The highest BCUT2D eigenvalue weighted by Crippen LogP contribution is 2.30. The number of imidazole rings is 1. The summed E-state index contributed by atoms with van der Waals surface area (Å²) < 4.78 is 25.9. The van der Waals surface area contributed by atoms with Gasteiger partial charge < -0.3 is 10.1 Å². The number of hydrogen-bond donors (Lipinski definition) is 2. The first-order valence-corrected chi connectivity index (χ1v) is 3.71. The summed E-state index contributed by atoms with van der Waals surface area (Å²) in [4.78, 5) is 14.8. The number of aromatic amines is 1. The predicted octanol–water partition coefficient (Wildman–Crippen LogP) is 1.45. The molecule has 1 heterocycles. The van der Waals surface area contributed by atoms with Crippen molar-refractivity contribution in [1.82, 2.24) is 9.97 Å². The number of hydrogen-bond acceptors (Lipinski definition) is 4. The fourth-order valence-corrected chi connectivity index (χ4v) is 1.23. The zero-order chi connectivity index (χ0) is 11.2. The predicted molar refractivity (Wildman–Crippen MR) is 44.3 cm³/mol. The summed E-state index contributed by atoms with van der Waals surface area (Å²) in [6.45, 7) is 0. The molecule has 0 amide bonds.